The van der Waals surface area contributed by atoms with Gasteiger partial charge in [0.05, 0.1) is 10.7 Å². The molecule has 1 N–H and O–H groups in total. The Morgan fingerprint density at radius 2 is 1.83 bits per heavy atom. The number of rotatable bonds is 10. The molecule has 0 spiro atoms. The van der Waals surface area contributed by atoms with E-state index in [-0.39, 0.29) is 17.7 Å². The Balaban J connectivity index is 1.59. The first kappa shape index (κ1) is 26.2. The highest BCUT2D eigenvalue weighted by Gasteiger charge is 2.30. The van der Waals surface area contributed by atoms with Crippen LogP contribution in [-0.2, 0) is 11.4 Å². The molecule has 0 aliphatic heterocycles. The lowest BCUT2D eigenvalue weighted by Gasteiger charge is -2.38. The molecule has 186 valence electrons. The number of hydrogen-bond acceptors (Lipinski definition) is 6. The third-order valence-corrected chi connectivity index (χ3v) is 5.69. The summed E-state index contributed by atoms with van der Waals surface area (Å²) < 4.78 is 13.0. The lowest BCUT2D eigenvalue weighted by molar-refractivity contribution is -0.145. The molecule has 0 fully saturated rings. The van der Waals surface area contributed by atoms with E-state index in [1.807, 2.05) is 25.7 Å². The van der Waals surface area contributed by atoms with Crippen LogP contribution < -0.4 is 15.0 Å². The molecule has 1 atom stereocenters. The maximum atomic E-state index is 12.6. The van der Waals surface area contributed by atoms with Crippen molar-refractivity contribution in [3.05, 3.63) is 82.0 Å². The molecule has 0 amide bonds. The number of carboxylic acid groups (broad SMARTS) is 1. The molecule has 0 aliphatic carbocycles. The van der Waals surface area contributed by atoms with Crippen molar-refractivity contribution in [3.63, 3.8) is 0 Å². The number of ether oxygens (including phenoxy) is 2. The molecule has 2 heterocycles. The number of hydrogen-bond donors (Lipinski definition) is 1. The Hall–Kier alpha value is -3.36. The maximum Gasteiger partial charge on any atom is 0.320 e. The second-order valence-electron chi connectivity index (χ2n) is 9.05. The van der Waals surface area contributed by atoms with Gasteiger partial charge in [-0.2, -0.15) is 0 Å². The fraction of sp³-hybridized carbons (Fsp3) is 0.346. The van der Waals surface area contributed by atoms with Gasteiger partial charge in [-0.15, -0.1) is 0 Å². The lowest BCUT2D eigenvalue weighted by atomic mass is 10.0. The quantitative estimate of drug-likeness (QED) is 0.441. The SMILES string of the molecule is CC(C(=O)O)N(CCOc1ccc(-n2ccc(OCc3ccc(Cl)cn3)cc2=O)cc1)C(C)(C)C. The van der Waals surface area contributed by atoms with E-state index in [0.717, 1.165) is 0 Å². The molecule has 0 saturated heterocycles. The average molecular weight is 500 g/mol. The van der Waals surface area contributed by atoms with Gasteiger partial charge in [-0.3, -0.25) is 24.0 Å². The highest BCUT2D eigenvalue weighted by atomic mass is 35.5. The number of carboxylic acids is 1. The van der Waals surface area contributed by atoms with Crippen molar-refractivity contribution < 1.29 is 19.4 Å². The summed E-state index contributed by atoms with van der Waals surface area (Å²) in [6.45, 7) is 8.63. The van der Waals surface area contributed by atoms with Crippen molar-refractivity contribution in [3.8, 4) is 17.2 Å². The van der Waals surface area contributed by atoms with Crippen molar-refractivity contribution in [2.24, 2.45) is 0 Å². The zero-order chi connectivity index (χ0) is 25.6. The predicted octanol–water partition coefficient (Wildman–Crippen LogP) is 4.42. The summed E-state index contributed by atoms with van der Waals surface area (Å²) in [5.41, 5.74) is 0.845. The van der Waals surface area contributed by atoms with Crippen LogP contribution in [0.25, 0.3) is 5.69 Å². The van der Waals surface area contributed by atoms with Gasteiger partial charge >= 0.3 is 5.97 Å². The summed E-state index contributed by atoms with van der Waals surface area (Å²) in [6, 6.07) is 13.1. The summed E-state index contributed by atoms with van der Waals surface area (Å²) in [4.78, 5) is 30.1. The molecule has 8 nitrogen and oxygen atoms in total. The Labute approximate surface area is 209 Å². The molecule has 1 aromatic carbocycles. The topological polar surface area (TPSA) is 93.9 Å². The highest BCUT2D eigenvalue weighted by molar-refractivity contribution is 6.30. The number of benzene rings is 1. The largest absolute Gasteiger partial charge is 0.492 e. The molecule has 0 aliphatic rings. The van der Waals surface area contributed by atoms with Gasteiger partial charge in [-0.1, -0.05) is 11.6 Å². The van der Waals surface area contributed by atoms with Gasteiger partial charge in [0.15, 0.2) is 0 Å². The second kappa shape index (κ2) is 11.4. The zero-order valence-corrected chi connectivity index (χ0v) is 21.0. The number of aliphatic carboxylic acids is 1. The van der Waals surface area contributed by atoms with E-state index >= 15 is 0 Å². The smallest absolute Gasteiger partial charge is 0.320 e. The van der Waals surface area contributed by atoms with Crippen LogP contribution in [0, 0.1) is 0 Å². The Morgan fingerprint density at radius 1 is 1.11 bits per heavy atom. The lowest BCUT2D eigenvalue weighted by Crippen LogP contribution is -2.51. The number of nitrogens with zero attached hydrogens (tertiary/aromatic N) is 3. The first-order chi connectivity index (χ1) is 16.5. The van der Waals surface area contributed by atoms with Crippen LogP contribution in [-0.4, -0.2) is 50.3 Å². The first-order valence-corrected chi connectivity index (χ1v) is 11.6. The molecule has 0 saturated carbocycles. The van der Waals surface area contributed by atoms with E-state index in [1.54, 1.807) is 61.8 Å². The standard InChI is InChI=1S/C26H30ClN3O5/c1-18(25(32)33)30(26(2,3)4)13-14-34-22-9-7-21(8-10-22)29-12-11-23(15-24(29)31)35-17-20-6-5-19(27)16-28-20/h5-12,15-16,18H,13-14,17H2,1-4H3,(H,32,33). The molecule has 35 heavy (non-hydrogen) atoms. The summed E-state index contributed by atoms with van der Waals surface area (Å²) in [5, 5.41) is 9.92. The maximum absolute atomic E-state index is 12.6. The van der Waals surface area contributed by atoms with Crippen LogP contribution >= 0.6 is 11.6 Å². The van der Waals surface area contributed by atoms with Crippen LogP contribution in [0.4, 0.5) is 0 Å². The number of pyridine rings is 2. The summed E-state index contributed by atoms with van der Waals surface area (Å²) in [6.07, 6.45) is 3.19. The van der Waals surface area contributed by atoms with Gasteiger partial charge in [-0.05, 0) is 70.2 Å². The van der Waals surface area contributed by atoms with E-state index in [2.05, 4.69) is 4.98 Å². The minimum absolute atomic E-state index is 0.227. The Kier molecular flexibility index (Phi) is 8.53. The molecular weight excluding hydrogens is 470 g/mol. The number of aromatic nitrogens is 2. The van der Waals surface area contributed by atoms with E-state index in [0.29, 0.717) is 41.1 Å². The number of halogens is 1. The Bertz CT molecular complexity index is 1190. The molecule has 1 unspecified atom stereocenters. The van der Waals surface area contributed by atoms with Crippen molar-refractivity contribution in [1.29, 1.82) is 0 Å². The summed E-state index contributed by atoms with van der Waals surface area (Å²) in [7, 11) is 0. The zero-order valence-electron chi connectivity index (χ0n) is 20.3. The van der Waals surface area contributed by atoms with E-state index in [1.165, 1.54) is 10.6 Å². The minimum atomic E-state index is -0.868. The van der Waals surface area contributed by atoms with Crippen LogP contribution in [0.3, 0.4) is 0 Å². The van der Waals surface area contributed by atoms with Crippen LogP contribution in [0.15, 0.2) is 65.7 Å². The van der Waals surface area contributed by atoms with Crippen molar-refractivity contribution in [2.75, 3.05) is 13.2 Å². The van der Waals surface area contributed by atoms with E-state index in [4.69, 9.17) is 21.1 Å². The number of carbonyl (C=O) groups is 1. The Morgan fingerprint density at radius 3 is 2.40 bits per heavy atom. The molecular formula is C26H30ClN3O5. The first-order valence-electron chi connectivity index (χ1n) is 11.2. The van der Waals surface area contributed by atoms with Crippen molar-refractivity contribution >= 4 is 17.6 Å². The normalized spacial score (nSPS) is 12.4. The fourth-order valence-corrected chi connectivity index (χ4v) is 3.73. The summed E-state index contributed by atoms with van der Waals surface area (Å²) >= 11 is 5.83. The van der Waals surface area contributed by atoms with Crippen LogP contribution in [0.5, 0.6) is 11.5 Å². The molecule has 3 aromatic rings. The third kappa shape index (κ3) is 7.31. The summed E-state index contributed by atoms with van der Waals surface area (Å²) in [5.74, 6) is 0.212. The van der Waals surface area contributed by atoms with Gasteiger partial charge in [0.1, 0.15) is 30.8 Å². The molecule has 0 bridgehead atoms. The van der Waals surface area contributed by atoms with Gasteiger partial charge in [0, 0.05) is 36.2 Å². The molecule has 2 aromatic heterocycles. The van der Waals surface area contributed by atoms with Crippen molar-refractivity contribution in [1.82, 2.24) is 14.5 Å². The highest BCUT2D eigenvalue weighted by Crippen LogP contribution is 2.19. The third-order valence-electron chi connectivity index (χ3n) is 5.47. The van der Waals surface area contributed by atoms with Crippen LogP contribution in [0.1, 0.15) is 33.4 Å². The second-order valence-corrected chi connectivity index (χ2v) is 9.48. The van der Waals surface area contributed by atoms with Gasteiger partial charge in [-0.25, -0.2) is 0 Å². The van der Waals surface area contributed by atoms with E-state index < -0.39 is 12.0 Å². The molecule has 3 rings (SSSR count). The fourth-order valence-electron chi connectivity index (χ4n) is 3.62. The average Bonchev–Trinajstić information content (AvgIpc) is 2.81. The van der Waals surface area contributed by atoms with E-state index in [9.17, 15) is 14.7 Å². The van der Waals surface area contributed by atoms with Gasteiger partial charge in [0.2, 0.25) is 0 Å². The minimum Gasteiger partial charge on any atom is -0.492 e. The molecule has 9 heteroatoms. The monoisotopic (exact) mass is 499 g/mol. The van der Waals surface area contributed by atoms with Crippen LogP contribution in [0.2, 0.25) is 5.02 Å². The molecule has 0 radical (unpaired) electrons. The van der Waals surface area contributed by atoms with Crippen molar-refractivity contribution in [2.45, 2.75) is 45.9 Å². The van der Waals surface area contributed by atoms with Gasteiger partial charge in [0.25, 0.3) is 5.56 Å². The predicted molar refractivity (Wildman–Crippen MR) is 135 cm³/mol. The van der Waals surface area contributed by atoms with Gasteiger partial charge < -0.3 is 14.6 Å².